The summed E-state index contributed by atoms with van der Waals surface area (Å²) >= 11 is 1.65. The molecule has 0 bridgehead atoms. The number of rotatable bonds is 6. The molecular weight excluding hydrogens is 784 g/mol. The highest BCUT2D eigenvalue weighted by atomic mass is 32.1. The van der Waals surface area contributed by atoms with Gasteiger partial charge in [0, 0.05) is 41.7 Å². The molecule has 2 N–H and O–H groups in total. The van der Waals surface area contributed by atoms with Crippen molar-refractivity contribution in [3.05, 3.63) is 82.3 Å². The summed E-state index contributed by atoms with van der Waals surface area (Å²) in [4.78, 5) is 51.6. The first-order valence-electron chi connectivity index (χ1n) is 20.9. The first kappa shape index (κ1) is 38.5. The van der Waals surface area contributed by atoms with Crippen LogP contribution in [0.25, 0.3) is 44.7 Å². The standard InChI is InChI=1S/C45H49FN8O5S/c1-44(2,3)58-42(55)52-15-7-9-32(52)38-47-21-29(50-38)25-13-14-31-27(17-25)19-34-37-28(46)18-26(20-35(37)57-41(54(31)34)36-23-49-40(60-36)24-11-12-24)30-22-48-39(51-30)33-10-8-16-53(33)43(56)59-45(4,5)6/h13-14,17-24,32-33,41H,7-12,15-16H2,1-6H3,(H,47,50)(H,48,51)/t32?,33-,41-/m0/s1. The zero-order valence-electron chi connectivity index (χ0n) is 34.7. The number of aromatic amines is 2. The fourth-order valence-electron chi connectivity index (χ4n) is 8.71. The van der Waals surface area contributed by atoms with Crippen LogP contribution >= 0.6 is 11.3 Å². The average molecular weight is 833 g/mol. The van der Waals surface area contributed by atoms with Gasteiger partial charge < -0.3 is 24.2 Å². The molecule has 7 heterocycles. The van der Waals surface area contributed by atoms with Crippen molar-refractivity contribution in [2.24, 2.45) is 0 Å². The van der Waals surface area contributed by atoms with Crippen molar-refractivity contribution < 1.29 is 28.2 Å². The third kappa shape index (κ3) is 7.09. The lowest BCUT2D eigenvalue weighted by Crippen LogP contribution is -2.36. The van der Waals surface area contributed by atoms with Crippen LogP contribution in [-0.4, -0.2) is 75.8 Å². The molecule has 13 nitrogen and oxygen atoms in total. The summed E-state index contributed by atoms with van der Waals surface area (Å²) in [6, 6.07) is 11.1. The number of benzene rings is 2. The van der Waals surface area contributed by atoms with Gasteiger partial charge in [0.2, 0.25) is 6.23 Å². The Bertz CT molecular complexity index is 2640. The number of fused-ring (bicyclic) bond motifs is 5. The van der Waals surface area contributed by atoms with E-state index in [1.54, 1.807) is 33.5 Å². The summed E-state index contributed by atoms with van der Waals surface area (Å²) in [6.45, 7) is 12.4. The highest BCUT2D eigenvalue weighted by Crippen LogP contribution is 2.50. The first-order valence-corrected chi connectivity index (χ1v) is 21.7. The van der Waals surface area contributed by atoms with E-state index in [4.69, 9.17) is 24.2 Å². The molecule has 1 unspecified atom stereocenters. The quantitative estimate of drug-likeness (QED) is 0.169. The van der Waals surface area contributed by atoms with Crippen molar-refractivity contribution in [3.63, 3.8) is 0 Å². The number of nitrogens with zero attached hydrogens (tertiary/aromatic N) is 6. The minimum atomic E-state index is -0.614. The lowest BCUT2D eigenvalue weighted by molar-refractivity contribution is 0.0208. The minimum Gasteiger partial charge on any atom is -0.464 e. The maximum atomic E-state index is 16.7. The predicted octanol–water partition coefficient (Wildman–Crippen LogP) is 10.6. The number of imidazole rings is 2. The monoisotopic (exact) mass is 832 g/mol. The van der Waals surface area contributed by atoms with Crippen molar-refractivity contribution in [1.29, 1.82) is 0 Å². The molecule has 2 amide bonds. The number of amides is 2. The van der Waals surface area contributed by atoms with Crippen LogP contribution in [0.3, 0.4) is 0 Å². The predicted molar refractivity (Wildman–Crippen MR) is 225 cm³/mol. The van der Waals surface area contributed by atoms with E-state index >= 15 is 4.39 Å². The lowest BCUT2D eigenvalue weighted by atomic mass is 10.0. The average Bonchev–Trinajstić information content (AvgIpc) is 3.89. The Hall–Kier alpha value is -5.70. The van der Waals surface area contributed by atoms with Gasteiger partial charge in [-0.25, -0.2) is 28.9 Å². The van der Waals surface area contributed by atoms with Gasteiger partial charge in [0.1, 0.15) is 34.4 Å². The second-order valence-corrected chi connectivity index (χ2v) is 19.5. The Balaban J connectivity index is 0.991. The molecule has 1 aliphatic carbocycles. The summed E-state index contributed by atoms with van der Waals surface area (Å²) in [6.07, 6.45) is 9.60. The largest absolute Gasteiger partial charge is 0.464 e. The van der Waals surface area contributed by atoms with Crippen LogP contribution in [-0.2, 0) is 9.47 Å². The molecule has 3 atom stereocenters. The van der Waals surface area contributed by atoms with Crippen molar-refractivity contribution in [2.45, 2.75) is 115 Å². The van der Waals surface area contributed by atoms with Gasteiger partial charge >= 0.3 is 12.2 Å². The van der Waals surface area contributed by atoms with E-state index in [9.17, 15) is 9.59 Å². The maximum absolute atomic E-state index is 16.7. The molecule has 2 saturated heterocycles. The van der Waals surface area contributed by atoms with Gasteiger partial charge in [0.25, 0.3) is 0 Å². The number of nitrogens with one attached hydrogen (secondary N) is 2. The summed E-state index contributed by atoms with van der Waals surface area (Å²) in [7, 11) is 0. The number of carbonyl (C=O) groups excluding carboxylic acids is 2. The molecule has 4 aliphatic rings. The fraction of sp³-hybridized carbons (Fsp3) is 0.444. The van der Waals surface area contributed by atoms with E-state index in [-0.39, 0.29) is 24.3 Å². The molecular formula is C45H49FN8O5S. The maximum Gasteiger partial charge on any atom is 0.410 e. The fourth-order valence-corrected chi connectivity index (χ4v) is 9.81. The van der Waals surface area contributed by atoms with Crippen molar-refractivity contribution >= 4 is 34.4 Å². The van der Waals surface area contributed by atoms with Crippen LogP contribution < -0.4 is 4.74 Å². The Morgan fingerprint density at radius 3 is 2.00 bits per heavy atom. The van der Waals surface area contributed by atoms with Crippen molar-refractivity contribution in [1.82, 2.24) is 39.3 Å². The zero-order chi connectivity index (χ0) is 41.7. The van der Waals surface area contributed by atoms with Crippen molar-refractivity contribution in [2.75, 3.05) is 13.1 Å². The van der Waals surface area contributed by atoms with Gasteiger partial charge in [-0.2, -0.15) is 0 Å². The number of hydrogen-bond acceptors (Lipinski definition) is 9. The number of hydrogen-bond donors (Lipinski definition) is 2. The van der Waals surface area contributed by atoms with E-state index in [1.165, 1.54) is 6.07 Å². The smallest absolute Gasteiger partial charge is 0.410 e. The van der Waals surface area contributed by atoms with Gasteiger partial charge in [-0.3, -0.25) is 14.4 Å². The van der Waals surface area contributed by atoms with E-state index in [2.05, 4.69) is 25.6 Å². The Kier molecular flexibility index (Phi) is 9.12. The van der Waals surface area contributed by atoms with Crippen LogP contribution in [0.15, 0.2) is 55.0 Å². The van der Waals surface area contributed by atoms with Crippen LogP contribution in [0.1, 0.15) is 126 Å². The van der Waals surface area contributed by atoms with E-state index < -0.39 is 23.2 Å². The highest BCUT2D eigenvalue weighted by molar-refractivity contribution is 7.11. The summed E-state index contributed by atoms with van der Waals surface area (Å²) in [5.74, 6) is 1.82. The van der Waals surface area contributed by atoms with E-state index in [0.717, 1.165) is 76.4 Å². The van der Waals surface area contributed by atoms with Gasteiger partial charge in [0.05, 0.1) is 62.5 Å². The third-order valence-corrected chi connectivity index (χ3v) is 12.7. The molecule has 0 spiro atoms. The number of thiazole rings is 1. The first-order chi connectivity index (χ1) is 28.7. The molecule has 6 aromatic rings. The van der Waals surface area contributed by atoms with Gasteiger partial charge in [-0.15, -0.1) is 11.3 Å². The Labute approximate surface area is 351 Å². The second kappa shape index (κ2) is 14.2. The molecule has 10 rings (SSSR count). The minimum absolute atomic E-state index is 0.204. The molecule has 1 saturated carbocycles. The topological polar surface area (TPSA) is 143 Å². The third-order valence-electron chi connectivity index (χ3n) is 11.5. The molecule has 15 heteroatoms. The van der Waals surface area contributed by atoms with E-state index in [1.807, 2.05) is 72.0 Å². The summed E-state index contributed by atoms with van der Waals surface area (Å²) in [5, 5.41) is 2.01. The molecule has 2 aromatic carbocycles. The van der Waals surface area contributed by atoms with Crippen molar-refractivity contribution in [3.8, 4) is 39.5 Å². The van der Waals surface area contributed by atoms with Gasteiger partial charge in [-0.1, -0.05) is 6.07 Å². The second-order valence-electron chi connectivity index (χ2n) is 18.4. The normalized spacial score (nSPS) is 20.4. The van der Waals surface area contributed by atoms with Crippen LogP contribution in [0.2, 0.25) is 0 Å². The molecule has 3 aliphatic heterocycles. The van der Waals surface area contributed by atoms with E-state index in [0.29, 0.717) is 53.1 Å². The van der Waals surface area contributed by atoms with Crippen LogP contribution in [0.5, 0.6) is 5.75 Å². The number of H-pyrrole nitrogens is 2. The van der Waals surface area contributed by atoms with Crippen LogP contribution in [0.4, 0.5) is 14.0 Å². The summed E-state index contributed by atoms with van der Waals surface area (Å²) < 4.78 is 37.0. The Morgan fingerprint density at radius 2 is 1.40 bits per heavy atom. The lowest BCUT2D eigenvalue weighted by Gasteiger charge is -2.29. The molecule has 4 aromatic heterocycles. The number of ether oxygens (including phenoxy) is 3. The number of carbonyl (C=O) groups is 2. The Morgan fingerprint density at radius 1 is 0.783 bits per heavy atom. The molecule has 0 radical (unpaired) electrons. The van der Waals surface area contributed by atoms with Crippen LogP contribution in [0, 0.1) is 5.82 Å². The molecule has 60 heavy (non-hydrogen) atoms. The number of halogens is 1. The molecule has 312 valence electrons. The highest BCUT2D eigenvalue weighted by Gasteiger charge is 2.38. The SMILES string of the molecule is CC(C)(C)OC(=O)N1CCCC1c1ncc(-c2ccc3c(c2)cc2n3[C@H](c3cnc(C4CC4)s3)Oc3cc(-c4cnc([C@@H]5CCCN5C(=O)OC(C)(C)C)[nH]4)cc(F)c3-2)[nH]1. The van der Waals surface area contributed by atoms with Gasteiger partial charge in [0.15, 0.2) is 0 Å². The van der Waals surface area contributed by atoms with Gasteiger partial charge in [-0.05, 0) is 110 Å². The zero-order valence-corrected chi connectivity index (χ0v) is 35.5. The molecule has 3 fully saturated rings. The summed E-state index contributed by atoms with van der Waals surface area (Å²) in [5.41, 5.74) is 3.70. The number of aromatic nitrogens is 6. The number of likely N-dealkylation sites (tertiary alicyclic amines) is 2.